The van der Waals surface area contributed by atoms with Gasteiger partial charge in [-0.25, -0.2) is 4.39 Å². The molecule has 3 rings (SSSR count). The maximum absolute atomic E-state index is 13.9. The third kappa shape index (κ3) is 2.86. The number of likely N-dealkylation sites (tertiary alicyclic amines) is 1. The molecule has 1 atom stereocenters. The van der Waals surface area contributed by atoms with Crippen LogP contribution in [0, 0.1) is 5.82 Å². The van der Waals surface area contributed by atoms with Crippen molar-refractivity contribution in [1.29, 1.82) is 0 Å². The van der Waals surface area contributed by atoms with Crippen LogP contribution >= 0.6 is 15.9 Å². The summed E-state index contributed by atoms with van der Waals surface area (Å²) in [6.07, 6.45) is 1.87. The van der Waals surface area contributed by atoms with Gasteiger partial charge in [-0.15, -0.1) is 0 Å². The Labute approximate surface area is 131 Å². The predicted molar refractivity (Wildman–Crippen MR) is 83.6 cm³/mol. The standard InChI is InChI=1S/C17H15BrFNO/c18-13-8-9-15(19)14(11-13)17(21)20-10-4-7-16(20)12-5-2-1-3-6-12/h1-3,5-6,8-9,11,16H,4,7,10H2. The van der Waals surface area contributed by atoms with E-state index in [9.17, 15) is 9.18 Å². The minimum Gasteiger partial charge on any atom is -0.332 e. The third-order valence-corrected chi connectivity index (χ3v) is 4.35. The van der Waals surface area contributed by atoms with Crippen LogP contribution in [0.2, 0.25) is 0 Å². The van der Waals surface area contributed by atoms with Crippen LogP contribution in [0.5, 0.6) is 0 Å². The molecule has 4 heteroatoms. The van der Waals surface area contributed by atoms with E-state index in [0.717, 1.165) is 18.4 Å². The average molecular weight is 348 g/mol. The van der Waals surface area contributed by atoms with Gasteiger partial charge in [0.15, 0.2) is 0 Å². The largest absolute Gasteiger partial charge is 0.332 e. The number of halogens is 2. The van der Waals surface area contributed by atoms with Crippen LogP contribution in [0.3, 0.4) is 0 Å². The van der Waals surface area contributed by atoms with Gasteiger partial charge in [0.1, 0.15) is 5.82 Å². The van der Waals surface area contributed by atoms with Crippen molar-refractivity contribution in [3.8, 4) is 0 Å². The van der Waals surface area contributed by atoms with Gasteiger partial charge >= 0.3 is 0 Å². The highest BCUT2D eigenvalue weighted by Crippen LogP contribution is 2.33. The minimum absolute atomic E-state index is 0.0390. The zero-order valence-corrected chi connectivity index (χ0v) is 13.0. The molecular formula is C17H15BrFNO. The van der Waals surface area contributed by atoms with E-state index >= 15 is 0 Å². The Kier molecular flexibility index (Phi) is 4.06. The van der Waals surface area contributed by atoms with Crippen molar-refractivity contribution in [3.63, 3.8) is 0 Å². The molecule has 0 aromatic heterocycles. The Balaban J connectivity index is 1.92. The number of carbonyl (C=O) groups excluding carboxylic acids is 1. The van der Waals surface area contributed by atoms with E-state index in [1.54, 1.807) is 17.0 Å². The molecule has 1 amide bonds. The molecule has 2 aromatic carbocycles. The van der Waals surface area contributed by atoms with Gasteiger partial charge in [-0.2, -0.15) is 0 Å². The Hall–Kier alpha value is -1.68. The van der Waals surface area contributed by atoms with E-state index in [0.29, 0.717) is 11.0 Å². The summed E-state index contributed by atoms with van der Waals surface area (Å²) in [7, 11) is 0. The molecule has 21 heavy (non-hydrogen) atoms. The van der Waals surface area contributed by atoms with E-state index in [2.05, 4.69) is 15.9 Å². The smallest absolute Gasteiger partial charge is 0.257 e. The van der Waals surface area contributed by atoms with Crippen LogP contribution in [0.4, 0.5) is 4.39 Å². The fourth-order valence-electron chi connectivity index (χ4n) is 2.85. The van der Waals surface area contributed by atoms with Gasteiger partial charge in [0, 0.05) is 11.0 Å². The first-order valence-electron chi connectivity index (χ1n) is 6.98. The van der Waals surface area contributed by atoms with E-state index in [4.69, 9.17) is 0 Å². The van der Waals surface area contributed by atoms with Crippen molar-refractivity contribution < 1.29 is 9.18 Å². The second-order valence-corrected chi connectivity index (χ2v) is 6.11. The maximum atomic E-state index is 13.9. The van der Waals surface area contributed by atoms with Crippen LogP contribution in [0.1, 0.15) is 34.8 Å². The topological polar surface area (TPSA) is 20.3 Å². The predicted octanol–water partition coefficient (Wildman–Crippen LogP) is 4.57. The molecule has 2 aromatic rings. The lowest BCUT2D eigenvalue weighted by atomic mass is 10.0. The maximum Gasteiger partial charge on any atom is 0.257 e. The van der Waals surface area contributed by atoms with Crippen molar-refractivity contribution in [2.24, 2.45) is 0 Å². The number of nitrogens with zero attached hydrogens (tertiary/aromatic N) is 1. The van der Waals surface area contributed by atoms with Gasteiger partial charge < -0.3 is 4.90 Å². The van der Waals surface area contributed by atoms with Crippen molar-refractivity contribution >= 4 is 21.8 Å². The highest BCUT2D eigenvalue weighted by Gasteiger charge is 2.31. The second kappa shape index (κ2) is 5.98. The SMILES string of the molecule is O=C(c1cc(Br)ccc1F)N1CCCC1c1ccccc1. The highest BCUT2D eigenvalue weighted by molar-refractivity contribution is 9.10. The molecule has 1 unspecified atom stereocenters. The quantitative estimate of drug-likeness (QED) is 0.779. The summed E-state index contributed by atoms with van der Waals surface area (Å²) in [5.41, 5.74) is 1.24. The Bertz CT molecular complexity index is 659. The van der Waals surface area contributed by atoms with E-state index < -0.39 is 5.82 Å². The molecule has 108 valence electrons. The normalized spacial score (nSPS) is 18.0. The minimum atomic E-state index is -0.470. The second-order valence-electron chi connectivity index (χ2n) is 5.19. The molecular weight excluding hydrogens is 333 g/mol. The van der Waals surface area contributed by atoms with Gasteiger partial charge in [-0.05, 0) is 36.6 Å². The monoisotopic (exact) mass is 347 g/mol. The molecule has 0 saturated carbocycles. The van der Waals surface area contributed by atoms with E-state index in [1.807, 2.05) is 30.3 Å². The fraction of sp³-hybridized carbons (Fsp3) is 0.235. The first kappa shape index (κ1) is 14.3. The van der Waals surface area contributed by atoms with Gasteiger partial charge in [0.2, 0.25) is 0 Å². The van der Waals surface area contributed by atoms with Crippen molar-refractivity contribution in [2.75, 3.05) is 6.54 Å². The number of carbonyl (C=O) groups is 1. The van der Waals surface area contributed by atoms with E-state index in [1.165, 1.54) is 6.07 Å². The third-order valence-electron chi connectivity index (χ3n) is 3.86. The molecule has 0 spiro atoms. The molecule has 1 aliphatic rings. The lowest BCUT2D eigenvalue weighted by Gasteiger charge is -2.25. The number of rotatable bonds is 2. The number of hydrogen-bond donors (Lipinski definition) is 0. The van der Waals surface area contributed by atoms with Crippen LogP contribution in [0.15, 0.2) is 53.0 Å². The summed E-state index contributed by atoms with van der Waals surface area (Å²) in [6, 6.07) is 14.5. The molecule has 1 fully saturated rings. The summed E-state index contributed by atoms with van der Waals surface area (Å²) >= 11 is 3.30. The molecule has 0 bridgehead atoms. The molecule has 0 N–H and O–H groups in total. The Morgan fingerprint density at radius 1 is 1.19 bits per heavy atom. The zero-order valence-electron chi connectivity index (χ0n) is 11.4. The summed E-state index contributed by atoms with van der Waals surface area (Å²) in [5.74, 6) is -0.706. The lowest BCUT2D eigenvalue weighted by Crippen LogP contribution is -2.31. The number of hydrogen-bond acceptors (Lipinski definition) is 1. The van der Waals surface area contributed by atoms with Gasteiger partial charge in [-0.3, -0.25) is 4.79 Å². The average Bonchev–Trinajstić information content (AvgIpc) is 2.99. The molecule has 2 nitrogen and oxygen atoms in total. The molecule has 1 aliphatic heterocycles. The number of benzene rings is 2. The molecule has 0 aliphatic carbocycles. The van der Waals surface area contributed by atoms with E-state index in [-0.39, 0.29) is 17.5 Å². The van der Waals surface area contributed by atoms with Crippen LogP contribution in [-0.4, -0.2) is 17.4 Å². The highest BCUT2D eigenvalue weighted by atomic mass is 79.9. The van der Waals surface area contributed by atoms with Gasteiger partial charge in [-0.1, -0.05) is 46.3 Å². The van der Waals surface area contributed by atoms with Crippen LogP contribution in [-0.2, 0) is 0 Å². The first-order valence-corrected chi connectivity index (χ1v) is 7.77. The molecule has 1 heterocycles. The summed E-state index contributed by atoms with van der Waals surface area (Å²) < 4.78 is 14.6. The van der Waals surface area contributed by atoms with Crippen molar-refractivity contribution in [1.82, 2.24) is 4.90 Å². The van der Waals surface area contributed by atoms with Gasteiger partial charge in [0.05, 0.1) is 11.6 Å². The van der Waals surface area contributed by atoms with Crippen LogP contribution < -0.4 is 0 Å². The lowest BCUT2D eigenvalue weighted by molar-refractivity contribution is 0.0731. The first-order chi connectivity index (χ1) is 10.2. The van der Waals surface area contributed by atoms with Crippen LogP contribution in [0.25, 0.3) is 0 Å². The van der Waals surface area contributed by atoms with Gasteiger partial charge in [0.25, 0.3) is 5.91 Å². The molecule has 0 radical (unpaired) electrons. The van der Waals surface area contributed by atoms with Crippen molar-refractivity contribution in [3.05, 3.63) is 69.9 Å². The van der Waals surface area contributed by atoms with Crippen molar-refractivity contribution in [2.45, 2.75) is 18.9 Å². The molecule has 1 saturated heterocycles. The fourth-order valence-corrected chi connectivity index (χ4v) is 3.21. The summed E-state index contributed by atoms with van der Waals surface area (Å²) in [6.45, 7) is 0.671. The Morgan fingerprint density at radius 3 is 2.71 bits per heavy atom. The zero-order chi connectivity index (χ0) is 14.8. The summed E-state index contributed by atoms with van der Waals surface area (Å²) in [4.78, 5) is 14.4. The number of amides is 1. The Morgan fingerprint density at radius 2 is 1.95 bits per heavy atom. The summed E-state index contributed by atoms with van der Waals surface area (Å²) in [5, 5.41) is 0.